The number of hydrogen-bond donors (Lipinski definition) is 2. The highest BCUT2D eigenvalue weighted by Gasteiger charge is 2.35. The van der Waals surface area contributed by atoms with Crippen LogP contribution in [0.15, 0.2) is 60.7 Å². The maximum absolute atomic E-state index is 13.4. The third kappa shape index (κ3) is 5.40. The van der Waals surface area contributed by atoms with Crippen molar-refractivity contribution in [3.05, 3.63) is 66.2 Å². The summed E-state index contributed by atoms with van der Waals surface area (Å²) in [5.41, 5.74) is 5.56. The van der Waals surface area contributed by atoms with Gasteiger partial charge in [0.05, 0.1) is 5.57 Å². The number of primary amides is 1. The number of allylic oxidation sites excluding steroid dienone is 1. The Morgan fingerprint density at radius 3 is 2.13 bits per heavy atom. The monoisotopic (exact) mass is 417 g/mol. The smallest absolute Gasteiger partial charge is 0.371 e. The van der Waals surface area contributed by atoms with E-state index in [9.17, 15) is 22.8 Å². The normalized spacial score (nSPS) is 15.7. The van der Waals surface area contributed by atoms with Crippen LogP contribution in [0.1, 0.15) is 18.4 Å². The minimum absolute atomic E-state index is 0.0742. The zero-order chi connectivity index (χ0) is 21.7. The van der Waals surface area contributed by atoms with Crippen LogP contribution in [0.5, 0.6) is 0 Å². The third-order valence-electron chi connectivity index (χ3n) is 5.06. The molecule has 8 heteroatoms. The lowest BCUT2D eigenvalue weighted by Gasteiger charge is -2.32. The number of benzene rings is 2. The van der Waals surface area contributed by atoms with Gasteiger partial charge in [-0.2, -0.15) is 13.2 Å². The van der Waals surface area contributed by atoms with Gasteiger partial charge in [-0.1, -0.05) is 30.3 Å². The van der Waals surface area contributed by atoms with E-state index in [0.29, 0.717) is 37.7 Å². The largest absolute Gasteiger partial charge is 0.417 e. The summed E-state index contributed by atoms with van der Waals surface area (Å²) in [6.45, 7) is 1.38. The number of carbonyl (C=O) groups is 2. The van der Waals surface area contributed by atoms with Gasteiger partial charge in [-0.05, 0) is 42.7 Å². The van der Waals surface area contributed by atoms with E-state index >= 15 is 0 Å². The van der Waals surface area contributed by atoms with E-state index in [2.05, 4.69) is 10.2 Å². The molecule has 1 saturated heterocycles. The van der Waals surface area contributed by atoms with Gasteiger partial charge < -0.3 is 16.0 Å². The van der Waals surface area contributed by atoms with Crippen LogP contribution < -0.4 is 16.0 Å². The number of piperidine rings is 1. The Morgan fingerprint density at radius 2 is 1.60 bits per heavy atom. The van der Waals surface area contributed by atoms with Crippen LogP contribution in [0.3, 0.4) is 0 Å². The lowest BCUT2D eigenvalue weighted by molar-refractivity contribution is -0.122. The second kappa shape index (κ2) is 9.02. The Kier molecular flexibility index (Phi) is 6.44. The molecule has 0 radical (unpaired) electrons. The lowest BCUT2D eigenvalue weighted by atomic mass is 9.96. The first-order chi connectivity index (χ1) is 14.2. The highest BCUT2D eigenvalue weighted by Crippen LogP contribution is 2.33. The summed E-state index contributed by atoms with van der Waals surface area (Å²) in [6, 6.07) is 14.0. The number of amides is 2. The van der Waals surface area contributed by atoms with Crippen LogP contribution in [0, 0.1) is 5.92 Å². The second-order valence-electron chi connectivity index (χ2n) is 7.12. The molecule has 0 bridgehead atoms. The first-order valence-electron chi connectivity index (χ1n) is 9.53. The summed E-state index contributed by atoms with van der Waals surface area (Å²) < 4.78 is 40.1. The van der Waals surface area contributed by atoms with Gasteiger partial charge in [0, 0.05) is 36.5 Å². The fourth-order valence-electron chi connectivity index (χ4n) is 3.43. The van der Waals surface area contributed by atoms with Crippen molar-refractivity contribution < 1.29 is 22.8 Å². The van der Waals surface area contributed by atoms with Gasteiger partial charge in [0.1, 0.15) is 0 Å². The molecule has 3 N–H and O–H groups in total. The van der Waals surface area contributed by atoms with E-state index in [-0.39, 0.29) is 17.4 Å². The first kappa shape index (κ1) is 21.4. The van der Waals surface area contributed by atoms with Crippen LogP contribution >= 0.6 is 0 Å². The summed E-state index contributed by atoms with van der Waals surface area (Å²) in [5.74, 6) is -1.25. The zero-order valence-electron chi connectivity index (χ0n) is 16.2. The van der Waals surface area contributed by atoms with Crippen molar-refractivity contribution in [1.29, 1.82) is 0 Å². The van der Waals surface area contributed by atoms with Crippen LogP contribution in [0.4, 0.5) is 24.5 Å². The zero-order valence-corrected chi connectivity index (χ0v) is 16.2. The first-order valence-corrected chi connectivity index (χ1v) is 9.53. The molecule has 0 aliphatic carbocycles. The molecule has 5 nitrogen and oxygen atoms in total. The number of nitrogens with one attached hydrogen (secondary N) is 1. The van der Waals surface area contributed by atoms with E-state index in [4.69, 9.17) is 5.73 Å². The Labute approximate surface area is 172 Å². The summed E-state index contributed by atoms with van der Waals surface area (Å²) in [6.07, 6.45) is -2.73. The van der Waals surface area contributed by atoms with Gasteiger partial charge in [-0.25, -0.2) is 0 Å². The molecule has 0 unspecified atom stereocenters. The third-order valence-corrected chi connectivity index (χ3v) is 5.06. The number of carbonyl (C=O) groups excluding carboxylic acids is 2. The van der Waals surface area contributed by atoms with Crippen LogP contribution in [0.25, 0.3) is 5.57 Å². The van der Waals surface area contributed by atoms with Crippen molar-refractivity contribution >= 4 is 28.8 Å². The summed E-state index contributed by atoms with van der Waals surface area (Å²) in [7, 11) is 0. The molecule has 1 heterocycles. The highest BCUT2D eigenvalue weighted by atomic mass is 19.4. The molecule has 30 heavy (non-hydrogen) atoms. The van der Waals surface area contributed by atoms with E-state index in [1.807, 2.05) is 0 Å². The van der Waals surface area contributed by atoms with Gasteiger partial charge in [0.15, 0.2) is 0 Å². The standard InChI is InChI=1S/C22H22F3N3O2/c23-22(24,25)19(15-4-2-1-3-5-15)14-20(29)27-17-6-8-18(9-7-17)28-12-10-16(11-13-28)21(26)30/h1-9,14,16H,10-13H2,(H2,26,30)(H,27,29)/b19-14-. The number of nitrogens with zero attached hydrogens (tertiary/aromatic N) is 1. The van der Waals surface area contributed by atoms with Crippen molar-refractivity contribution in [2.75, 3.05) is 23.3 Å². The maximum atomic E-state index is 13.4. The number of rotatable bonds is 5. The molecule has 0 atom stereocenters. The molecular formula is C22H22F3N3O2. The molecule has 0 aromatic heterocycles. The predicted molar refractivity (Wildman–Crippen MR) is 110 cm³/mol. The molecule has 3 rings (SSSR count). The molecule has 0 saturated carbocycles. The Balaban J connectivity index is 1.67. The molecule has 2 aromatic rings. The van der Waals surface area contributed by atoms with Crippen molar-refractivity contribution in [1.82, 2.24) is 0 Å². The Bertz CT molecular complexity index is 917. The predicted octanol–water partition coefficient (Wildman–Crippen LogP) is 3.97. The van der Waals surface area contributed by atoms with Crippen molar-refractivity contribution in [2.24, 2.45) is 11.7 Å². The summed E-state index contributed by atoms with van der Waals surface area (Å²) >= 11 is 0. The summed E-state index contributed by atoms with van der Waals surface area (Å²) in [4.78, 5) is 25.5. The molecule has 1 aliphatic heterocycles. The van der Waals surface area contributed by atoms with Crippen molar-refractivity contribution in [3.63, 3.8) is 0 Å². The lowest BCUT2D eigenvalue weighted by Crippen LogP contribution is -2.38. The highest BCUT2D eigenvalue weighted by molar-refractivity contribution is 6.04. The second-order valence-corrected chi connectivity index (χ2v) is 7.12. The van der Waals surface area contributed by atoms with E-state index < -0.39 is 17.7 Å². The fourth-order valence-corrected chi connectivity index (χ4v) is 3.43. The minimum Gasteiger partial charge on any atom is -0.371 e. The van der Waals surface area contributed by atoms with Crippen molar-refractivity contribution in [2.45, 2.75) is 19.0 Å². The molecule has 1 fully saturated rings. The van der Waals surface area contributed by atoms with Gasteiger partial charge in [-0.15, -0.1) is 0 Å². The van der Waals surface area contributed by atoms with Gasteiger partial charge in [0.25, 0.3) is 0 Å². The average molecular weight is 417 g/mol. The SMILES string of the molecule is NC(=O)C1CCN(c2ccc(NC(=O)/C=C(/c3ccccc3)C(F)(F)F)cc2)CC1. The molecule has 2 aromatic carbocycles. The molecule has 0 spiro atoms. The molecule has 2 amide bonds. The number of alkyl halides is 3. The van der Waals surface area contributed by atoms with E-state index in [1.54, 1.807) is 30.3 Å². The van der Waals surface area contributed by atoms with Gasteiger partial charge in [-0.3, -0.25) is 9.59 Å². The number of halogens is 3. The Morgan fingerprint density at radius 1 is 1.00 bits per heavy atom. The summed E-state index contributed by atoms with van der Waals surface area (Å²) in [5, 5.41) is 2.47. The number of nitrogens with two attached hydrogens (primary N) is 1. The fraction of sp³-hybridized carbons (Fsp3) is 0.273. The quantitative estimate of drug-likeness (QED) is 0.723. The Hall–Kier alpha value is -3.29. The van der Waals surface area contributed by atoms with Crippen LogP contribution in [-0.4, -0.2) is 31.1 Å². The molecule has 1 aliphatic rings. The number of hydrogen-bond acceptors (Lipinski definition) is 3. The maximum Gasteiger partial charge on any atom is 0.417 e. The average Bonchev–Trinajstić information content (AvgIpc) is 2.72. The van der Waals surface area contributed by atoms with Crippen LogP contribution in [-0.2, 0) is 9.59 Å². The number of anilines is 2. The minimum atomic E-state index is -4.65. The van der Waals surface area contributed by atoms with Gasteiger partial charge in [0.2, 0.25) is 11.8 Å². The van der Waals surface area contributed by atoms with Gasteiger partial charge >= 0.3 is 6.18 Å². The molecule has 158 valence electrons. The van der Waals surface area contributed by atoms with E-state index in [0.717, 1.165) is 5.69 Å². The van der Waals surface area contributed by atoms with Crippen LogP contribution in [0.2, 0.25) is 0 Å². The molecular weight excluding hydrogens is 395 g/mol. The topological polar surface area (TPSA) is 75.4 Å². The van der Waals surface area contributed by atoms with E-state index in [1.165, 1.54) is 24.3 Å². The van der Waals surface area contributed by atoms with Crippen molar-refractivity contribution in [3.8, 4) is 0 Å².